The van der Waals surface area contributed by atoms with Crippen LogP contribution in [-0.2, 0) is 0 Å². The number of benzene rings is 9. The summed E-state index contributed by atoms with van der Waals surface area (Å²) >= 11 is 0. The molecule has 0 saturated heterocycles. The fraction of sp³-hybridized carbons (Fsp3) is 0. The van der Waals surface area contributed by atoms with E-state index in [0.717, 1.165) is 61.3 Å². The second-order valence-corrected chi connectivity index (χ2v) is 14.8. The van der Waals surface area contributed by atoms with Gasteiger partial charge in [-0.2, -0.15) is 0 Å². The molecule has 58 heavy (non-hydrogen) atoms. The number of oxazole rings is 1. The molecule has 0 bridgehead atoms. The fourth-order valence-electron chi connectivity index (χ4n) is 8.36. The zero-order valence-corrected chi connectivity index (χ0v) is 31.6. The van der Waals surface area contributed by atoms with E-state index < -0.39 is 0 Å². The van der Waals surface area contributed by atoms with Crippen molar-refractivity contribution in [2.24, 2.45) is 0 Å². The van der Waals surface area contributed by atoms with Crippen molar-refractivity contribution in [3.8, 4) is 72.8 Å². The molecule has 0 unspecified atom stereocenters. The summed E-state index contributed by atoms with van der Waals surface area (Å²) < 4.78 is 9.04. The number of rotatable bonds is 7. The third-order valence-corrected chi connectivity index (χ3v) is 11.2. The Balaban J connectivity index is 1.00. The Morgan fingerprint density at radius 3 is 1.53 bits per heavy atom. The van der Waals surface area contributed by atoms with Crippen LogP contribution in [-0.4, -0.2) is 9.55 Å². The SMILES string of the molecule is c1ccc(-c2cccc(-c3cc(-c4cccc(-c5ccccc5)c4)c4nc(-c5ccc(-c6ccc7c(c6)c6ccccc6n7-c6ccccc6)cc5)oc4c3)c2)cc1. The van der Waals surface area contributed by atoms with Gasteiger partial charge in [-0.1, -0.05) is 152 Å². The largest absolute Gasteiger partial charge is 0.436 e. The van der Waals surface area contributed by atoms with E-state index in [9.17, 15) is 0 Å². The van der Waals surface area contributed by atoms with E-state index in [1.54, 1.807) is 0 Å². The summed E-state index contributed by atoms with van der Waals surface area (Å²) in [7, 11) is 0. The summed E-state index contributed by atoms with van der Waals surface area (Å²) in [5.41, 5.74) is 17.4. The lowest BCUT2D eigenvalue weighted by Gasteiger charge is -2.10. The summed E-state index contributed by atoms with van der Waals surface area (Å²) in [6.45, 7) is 0. The Bertz CT molecular complexity index is 3250. The van der Waals surface area contributed by atoms with Crippen LogP contribution in [0.25, 0.3) is 106 Å². The van der Waals surface area contributed by atoms with E-state index >= 15 is 0 Å². The number of fused-ring (bicyclic) bond motifs is 4. The van der Waals surface area contributed by atoms with Crippen LogP contribution in [0.5, 0.6) is 0 Å². The zero-order valence-electron chi connectivity index (χ0n) is 31.6. The summed E-state index contributed by atoms with van der Waals surface area (Å²) in [5, 5.41) is 2.47. The first-order valence-electron chi connectivity index (χ1n) is 19.7. The van der Waals surface area contributed by atoms with Gasteiger partial charge in [0.15, 0.2) is 5.58 Å². The lowest BCUT2D eigenvalue weighted by atomic mass is 9.94. The molecule has 2 heterocycles. The third kappa shape index (κ3) is 5.98. The van der Waals surface area contributed by atoms with Gasteiger partial charge in [-0.25, -0.2) is 4.98 Å². The molecule has 0 fully saturated rings. The van der Waals surface area contributed by atoms with E-state index in [2.05, 4.69) is 223 Å². The zero-order chi connectivity index (χ0) is 38.4. The molecular formula is C55H36N2O. The summed E-state index contributed by atoms with van der Waals surface area (Å²) in [6.07, 6.45) is 0. The second-order valence-electron chi connectivity index (χ2n) is 14.8. The molecule has 0 spiro atoms. The molecule has 0 aliphatic carbocycles. The van der Waals surface area contributed by atoms with E-state index in [1.807, 2.05) is 0 Å². The molecule has 272 valence electrons. The molecular weight excluding hydrogens is 705 g/mol. The van der Waals surface area contributed by atoms with E-state index in [-0.39, 0.29) is 0 Å². The average molecular weight is 741 g/mol. The van der Waals surface area contributed by atoms with Crippen LogP contribution in [0.4, 0.5) is 0 Å². The van der Waals surface area contributed by atoms with Crippen molar-refractivity contribution in [2.45, 2.75) is 0 Å². The van der Waals surface area contributed by atoms with Crippen molar-refractivity contribution in [1.82, 2.24) is 9.55 Å². The molecule has 11 rings (SSSR count). The Hall–Kier alpha value is -7.75. The lowest BCUT2D eigenvalue weighted by Crippen LogP contribution is -1.92. The van der Waals surface area contributed by atoms with Crippen molar-refractivity contribution in [2.75, 3.05) is 0 Å². The predicted octanol–water partition coefficient (Wildman–Crippen LogP) is 14.9. The molecule has 0 radical (unpaired) electrons. The molecule has 0 N–H and O–H groups in total. The van der Waals surface area contributed by atoms with Crippen molar-refractivity contribution < 1.29 is 4.42 Å². The minimum atomic E-state index is 0.596. The van der Waals surface area contributed by atoms with Crippen molar-refractivity contribution in [3.63, 3.8) is 0 Å². The normalized spacial score (nSPS) is 11.4. The maximum atomic E-state index is 6.69. The minimum absolute atomic E-state index is 0.596. The van der Waals surface area contributed by atoms with Crippen LogP contribution >= 0.6 is 0 Å². The van der Waals surface area contributed by atoms with E-state index in [1.165, 1.54) is 38.5 Å². The Morgan fingerprint density at radius 1 is 0.328 bits per heavy atom. The molecule has 0 amide bonds. The van der Waals surface area contributed by atoms with Crippen LogP contribution in [0.1, 0.15) is 0 Å². The molecule has 0 atom stereocenters. The van der Waals surface area contributed by atoms with Crippen LogP contribution in [0.3, 0.4) is 0 Å². The molecule has 11 aromatic rings. The van der Waals surface area contributed by atoms with E-state index in [4.69, 9.17) is 9.40 Å². The Kier molecular flexibility index (Phi) is 8.15. The van der Waals surface area contributed by atoms with E-state index in [0.29, 0.717) is 5.89 Å². The minimum Gasteiger partial charge on any atom is -0.436 e. The first-order chi connectivity index (χ1) is 28.7. The summed E-state index contributed by atoms with van der Waals surface area (Å²) in [6, 6.07) is 77.5. The second kappa shape index (κ2) is 14.1. The first-order valence-corrected chi connectivity index (χ1v) is 19.7. The molecule has 0 saturated carbocycles. The number of hydrogen-bond donors (Lipinski definition) is 0. The summed E-state index contributed by atoms with van der Waals surface area (Å²) in [4.78, 5) is 5.20. The van der Waals surface area contributed by atoms with Crippen molar-refractivity contribution in [3.05, 3.63) is 218 Å². The van der Waals surface area contributed by atoms with Gasteiger partial charge >= 0.3 is 0 Å². The third-order valence-electron chi connectivity index (χ3n) is 11.2. The highest BCUT2D eigenvalue weighted by Gasteiger charge is 2.18. The van der Waals surface area contributed by atoms with Gasteiger partial charge in [0.25, 0.3) is 0 Å². The number of hydrogen-bond acceptors (Lipinski definition) is 2. The highest BCUT2D eigenvalue weighted by atomic mass is 16.3. The quantitative estimate of drug-likeness (QED) is 0.163. The van der Waals surface area contributed by atoms with Gasteiger partial charge in [-0.05, 0) is 117 Å². The predicted molar refractivity (Wildman–Crippen MR) is 241 cm³/mol. The monoisotopic (exact) mass is 740 g/mol. The number of aromatic nitrogens is 2. The molecule has 3 nitrogen and oxygen atoms in total. The Morgan fingerprint density at radius 2 is 0.828 bits per heavy atom. The van der Waals surface area contributed by atoms with Crippen molar-refractivity contribution >= 4 is 32.9 Å². The van der Waals surface area contributed by atoms with Crippen LogP contribution in [0.2, 0.25) is 0 Å². The molecule has 9 aromatic carbocycles. The smallest absolute Gasteiger partial charge is 0.227 e. The molecule has 3 heteroatoms. The fourth-order valence-corrected chi connectivity index (χ4v) is 8.36. The maximum Gasteiger partial charge on any atom is 0.227 e. The molecule has 0 aliphatic rings. The van der Waals surface area contributed by atoms with Crippen LogP contribution < -0.4 is 0 Å². The van der Waals surface area contributed by atoms with Gasteiger partial charge in [0.1, 0.15) is 5.52 Å². The topological polar surface area (TPSA) is 31.0 Å². The molecule has 2 aromatic heterocycles. The van der Waals surface area contributed by atoms with Crippen molar-refractivity contribution in [1.29, 1.82) is 0 Å². The lowest BCUT2D eigenvalue weighted by molar-refractivity contribution is 0.620. The maximum absolute atomic E-state index is 6.69. The average Bonchev–Trinajstić information content (AvgIpc) is 3.89. The van der Waals surface area contributed by atoms with Gasteiger partial charge in [0.05, 0.1) is 11.0 Å². The van der Waals surface area contributed by atoms with Gasteiger partial charge in [-0.3, -0.25) is 0 Å². The van der Waals surface area contributed by atoms with Crippen LogP contribution in [0.15, 0.2) is 223 Å². The number of nitrogens with zero attached hydrogens (tertiary/aromatic N) is 2. The van der Waals surface area contributed by atoms with Gasteiger partial charge in [0.2, 0.25) is 5.89 Å². The first kappa shape index (κ1) is 33.6. The summed E-state index contributed by atoms with van der Waals surface area (Å²) in [5.74, 6) is 0.596. The standard InChI is InChI=1S/C55H36N2O/c1-4-14-37(15-5-1)41-18-12-20-43(32-41)46-35-49(45-21-13-19-42(33-45)38-16-6-2-7-17-38)54-53(36-46)58-55(56-54)40-28-26-39(27-29-40)44-30-31-52-50(34-44)48-24-10-11-25-51(48)57(52)47-22-8-3-9-23-47/h1-36H. The Labute approximate surface area is 336 Å². The highest BCUT2D eigenvalue weighted by Crippen LogP contribution is 2.40. The van der Waals surface area contributed by atoms with Gasteiger partial charge < -0.3 is 8.98 Å². The van der Waals surface area contributed by atoms with Gasteiger partial charge in [-0.15, -0.1) is 0 Å². The molecule has 0 aliphatic heterocycles. The number of para-hydroxylation sites is 2. The highest BCUT2D eigenvalue weighted by molar-refractivity contribution is 6.10. The van der Waals surface area contributed by atoms with Crippen LogP contribution in [0, 0.1) is 0 Å². The van der Waals surface area contributed by atoms with Gasteiger partial charge in [0, 0.05) is 27.6 Å².